The zero-order valence-corrected chi connectivity index (χ0v) is 14.2. The van der Waals surface area contributed by atoms with Crippen LogP contribution in [-0.4, -0.2) is 20.4 Å². The van der Waals surface area contributed by atoms with Crippen molar-refractivity contribution < 1.29 is 13.5 Å². The van der Waals surface area contributed by atoms with Crippen molar-refractivity contribution in [3.8, 4) is 0 Å². The summed E-state index contributed by atoms with van der Waals surface area (Å²) in [6.45, 7) is 0.699. The minimum atomic E-state index is -0.122. The molecule has 1 heterocycles. The number of ether oxygens (including phenoxy) is 1. The van der Waals surface area contributed by atoms with Gasteiger partial charge in [0.05, 0.1) is 12.9 Å². The molecule has 2 fully saturated rings. The van der Waals surface area contributed by atoms with Crippen molar-refractivity contribution in [2.75, 3.05) is 20.4 Å². The Morgan fingerprint density at radius 1 is 1.30 bits per heavy atom. The molecular formula is C20H29FO2. The van der Waals surface area contributed by atoms with Gasteiger partial charge in [0.1, 0.15) is 5.76 Å². The molecule has 2 nitrogen and oxygen atoms in total. The van der Waals surface area contributed by atoms with Crippen LogP contribution in [0.5, 0.6) is 0 Å². The molecule has 2 saturated carbocycles. The standard InChI is InChI=1S/C20H29FO2/c1-22-10-7-14-2-4-18-16-3-5-19-17(8-11-23-19)15(16)6-9-20(18,12-14)13-21/h8,11,14-16,18H,2-7,9-10,12-13H2,1H3. The molecule has 3 aliphatic carbocycles. The predicted octanol–water partition coefficient (Wildman–Crippen LogP) is 5.13. The molecule has 0 N–H and O–H groups in total. The first-order valence-electron chi connectivity index (χ1n) is 9.38. The van der Waals surface area contributed by atoms with Crippen LogP contribution >= 0.6 is 0 Å². The van der Waals surface area contributed by atoms with Gasteiger partial charge in [-0.25, -0.2) is 0 Å². The summed E-state index contributed by atoms with van der Waals surface area (Å²) < 4.78 is 25.2. The van der Waals surface area contributed by atoms with Gasteiger partial charge in [-0.1, -0.05) is 6.42 Å². The zero-order valence-electron chi connectivity index (χ0n) is 14.2. The molecular weight excluding hydrogens is 291 g/mol. The van der Waals surface area contributed by atoms with E-state index in [1.54, 1.807) is 7.11 Å². The maximum atomic E-state index is 14.2. The molecule has 5 unspecified atom stereocenters. The molecule has 0 aromatic carbocycles. The normalized spacial score (nSPS) is 39.4. The third-order valence-electron chi connectivity index (χ3n) is 7.24. The highest BCUT2D eigenvalue weighted by Crippen LogP contribution is 2.61. The Morgan fingerprint density at radius 3 is 3.04 bits per heavy atom. The first-order valence-corrected chi connectivity index (χ1v) is 9.38. The molecule has 3 aliphatic rings. The Balaban J connectivity index is 1.55. The second-order valence-corrected chi connectivity index (χ2v) is 8.18. The lowest BCUT2D eigenvalue weighted by molar-refractivity contribution is -0.0577. The fourth-order valence-electron chi connectivity index (χ4n) is 6.16. The Bertz CT molecular complexity index is 539. The summed E-state index contributed by atoms with van der Waals surface area (Å²) in [5, 5.41) is 0. The number of fused-ring (bicyclic) bond motifs is 5. The van der Waals surface area contributed by atoms with Gasteiger partial charge in [0.15, 0.2) is 0 Å². The summed E-state index contributed by atoms with van der Waals surface area (Å²) in [7, 11) is 1.77. The van der Waals surface area contributed by atoms with Gasteiger partial charge in [0.2, 0.25) is 0 Å². The van der Waals surface area contributed by atoms with E-state index < -0.39 is 0 Å². The van der Waals surface area contributed by atoms with E-state index in [0.717, 1.165) is 38.7 Å². The minimum absolute atomic E-state index is 0.0426. The lowest BCUT2D eigenvalue weighted by Gasteiger charge is -2.55. The summed E-state index contributed by atoms with van der Waals surface area (Å²) in [6.07, 6.45) is 11.0. The van der Waals surface area contributed by atoms with E-state index in [1.807, 2.05) is 6.26 Å². The fourth-order valence-corrected chi connectivity index (χ4v) is 6.16. The van der Waals surface area contributed by atoms with Crippen LogP contribution in [0.15, 0.2) is 16.7 Å². The summed E-state index contributed by atoms with van der Waals surface area (Å²) in [4.78, 5) is 0. The van der Waals surface area contributed by atoms with E-state index in [4.69, 9.17) is 9.15 Å². The second kappa shape index (κ2) is 6.23. The van der Waals surface area contributed by atoms with E-state index in [0.29, 0.717) is 23.7 Å². The smallest absolute Gasteiger partial charge is 0.107 e. The highest BCUT2D eigenvalue weighted by atomic mass is 19.1. The van der Waals surface area contributed by atoms with Crippen molar-refractivity contribution in [2.24, 2.45) is 23.2 Å². The van der Waals surface area contributed by atoms with Crippen LogP contribution in [0, 0.1) is 23.2 Å². The van der Waals surface area contributed by atoms with E-state index in [2.05, 4.69) is 6.07 Å². The molecule has 1 aromatic heterocycles. The quantitative estimate of drug-likeness (QED) is 0.767. The van der Waals surface area contributed by atoms with Gasteiger partial charge in [-0.15, -0.1) is 0 Å². The van der Waals surface area contributed by atoms with Crippen LogP contribution in [0.2, 0.25) is 0 Å². The van der Waals surface area contributed by atoms with Gasteiger partial charge in [-0.2, -0.15) is 0 Å². The molecule has 5 atom stereocenters. The van der Waals surface area contributed by atoms with E-state index in [1.165, 1.54) is 30.6 Å². The molecule has 128 valence electrons. The lowest BCUT2D eigenvalue weighted by atomic mass is 9.49. The number of methoxy groups -OCH3 is 1. The number of alkyl halides is 1. The molecule has 0 radical (unpaired) electrons. The average Bonchev–Trinajstić information content (AvgIpc) is 3.08. The minimum Gasteiger partial charge on any atom is -0.469 e. The first-order chi connectivity index (χ1) is 11.3. The second-order valence-electron chi connectivity index (χ2n) is 8.18. The van der Waals surface area contributed by atoms with Crippen molar-refractivity contribution in [1.82, 2.24) is 0 Å². The third-order valence-corrected chi connectivity index (χ3v) is 7.24. The van der Waals surface area contributed by atoms with Gasteiger partial charge in [0, 0.05) is 25.6 Å². The maximum absolute atomic E-state index is 14.2. The molecule has 4 rings (SSSR count). The molecule has 23 heavy (non-hydrogen) atoms. The Hall–Kier alpha value is -0.830. The predicted molar refractivity (Wildman–Crippen MR) is 88.2 cm³/mol. The summed E-state index contributed by atoms with van der Waals surface area (Å²) >= 11 is 0. The number of hydrogen-bond acceptors (Lipinski definition) is 2. The number of rotatable bonds is 4. The van der Waals surface area contributed by atoms with Crippen molar-refractivity contribution >= 4 is 0 Å². The van der Waals surface area contributed by atoms with Gasteiger partial charge >= 0.3 is 0 Å². The summed E-state index contributed by atoms with van der Waals surface area (Å²) in [5.74, 6) is 3.73. The summed E-state index contributed by atoms with van der Waals surface area (Å²) in [5.41, 5.74) is 1.40. The van der Waals surface area contributed by atoms with Crippen LogP contribution in [-0.2, 0) is 11.2 Å². The summed E-state index contributed by atoms with van der Waals surface area (Å²) in [6, 6.07) is 2.18. The third kappa shape index (κ3) is 2.56. The van der Waals surface area contributed by atoms with Crippen molar-refractivity contribution in [1.29, 1.82) is 0 Å². The first kappa shape index (κ1) is 15.7. The molecule has 0 saturated heterocycles. The molecule has 3 heteroatoms. The number of furan rings is 1. The maximum Gasteiger partial charge on any atom is 0.107 e. The van der Waals surface area contributed by atoms with E-state index in [-0.39, 0.29) is 12.1 Å². The number of aryl methyl sites for hydroxylation is 1. The molecule has 0 spiro atoms. The Labute approximate surface area is 138 Å². The lowest BCUT2D eigenvalue weighted by Crippen LogP contribution is -2.48. The monoisotopic (exact) mass is 320 g/mol. The molecule has 1 aromatic rings. The van der Waals surface area contributed by atoms with Crippen LogP contribution < -0.4 is 0 Å². The van der Waals surface area contributed by atoms with E-state index >= 15 is 0 Å². The highest BCUT2D eigenvalue weighted by Gasteiger charge is 2.53. The Kier molecular flexibility index (Phi) is 4.25. The number of halogens is 1. The number of hydrogen-bond donors (Lipinski definition) is 0. The van der Waals surface area contributed by atoms with Gasteiger partial charge in [-0.05, 0) is 73.8 Å². The van der Waals surface area contributed by atoms with Crippen molar-refractivity contribution in [3.05, 3.63) is 23.7 Å². The molecule has 0 aliphatic heterocycles. The van der Waals surface area contributed by atoms with Crippen molar-refractivity contribution in [3.63, 3.8) is 0 Å². The molecule has 0 bridgehead atoms. The van der Waals surface area contributed by atoms with Gasteiger partial charge < -0.3 is 9.15 Å². The largest absolute Gasteiger partial charge is 0.469 e. The molecule has 0 amide bonds. The van der Waals surface area contributed by atoms with Crippen molar-refractivity contribution in [2.45, 2.75) is 57.3 Å². The van der Waals surface area contributed by atoms with E-state index in [9.17, 15) is 4.39 Å². The van der Waals surface area contributed by atoms with Crippen LogP contribution in [0.1, 0.15) is 62.2 Å². The average molecular weight is 320 g/mol. The zero-order chi connectivity index (χ0) is 15.9. The van der Waals surface area contributed by atoms with Crippen LogP contribution in [0.3, 0.4) is 0 Å². The topological polar surface area (TPSA) is 22.4 Å². The van der Waals surface area contributed by atoms with Gasteiger partial charge in [-0.3, -0.25) is 4.39 Å². The Morgan fingerprint density at radius 2 is 2.22 bits per heavy atom. The highest BCUT2D eigenvalue weighted by molar-refractivity contribution is 5.28. The SMILES string of the molecule is COCCC1CCC2C3CCc4occc4C3CCC2(CF)C1. The van der Waals surface area contributed by atoms with Crippen LogP contribution in [0.25, 0.3) is 0 Å². The fraction of sp³-hybridized carbons (Fsp3) is 0.800. The van der Waals surface area contributed by atoms with Gasteiger partial charge in [0.25, 0.3) is 0 Å². The van der Waals surface area contributed by atoms with Crippen LogP contribution in [0.4, 0.5) is 4.39 Å².